The summed E-state index contributed by atoms with van der Waals surface area (Å²) in [7, 11) is 1.62. The fraction of sp³-hybridized carbons (Fsp3) is 0.333. The summed E-state index contributed by atoms with van der Waals surface area (Å²) < 4.78 is 10.4. The quantitative estimate of drug-likeness (QED) is 0.824. The zero-order chi connectivity index (χ0) is 17.6. The maximum atomic E-state index is 12.0. The number of cyclic esters (lactones) is 1. The SMILES string of the molecule is COc1ccc(CCC(=O)NCC2CN(c3cccs3)C(=O)O2)cc1. The molecule has 132 valence electrons. The van der Waals surface area contributed by atoms with E-state index >= 15 is 0 Å². The van der Waals surface area contributed by atoms with Gasteiger partial charge in [-0.3, -0.25) is 9.69 Å². The van der Waals surface area contributed by atoms with Gasteiger partial charge < -0.3 is 14.8 Å². The number of methoxy groups -OCH3 is 1. The zero-order valence-electron chi connectivity index (χ0n) is 13.9. The molecular formula is C18H20N2O4S. The Morgan fingerprint density at radius 1 is 1.36 bits per heavy atom. The Bertz CT molecular complexity index is 715. The molecule has 6 nitrogen and oxygen atoms in total. The lowest BCUT2D eigenvalue weighted by atomic mass is 10.1. The van der Waals surface area contributed by atoms with Gasteiger partial charge in [-0.25, -0.2) is 4.79 Å². The number of nitrogens with one attached hydrogen (secondary N) is 1. The Morgan fingerprint density at radius 3 is 2.84 bits per heavy atom. The first-order chi connectivity index (χ1) is 12.2. The van der Waals surface area contributed by atoms with Gasteiger partial charge in [0.1, 0.15) is 16.9 Å². The molecule has 3 rings (SSSR count). The molecule has 2 amide bonds. The fourth-order valence-corrected chi connectivity index (χ4v) is 3.33. The van der Waals surface area contributed by atoms with E-state index in [1.165, 1.54) is 11.3 Å². The largest absolute Gasteiger partial charge is 0.497 e. The van der Waals surface area contributed by atoms with E-state index in [0.717, 1.165) is 16.3 Å². The highest BCUT2D eigenvalue weighted by Crippen LogP contribution is 2.26. The van der Waals surface area contributed by atoms with Crippen LogP contribution in [0.1, 0.15) is 12.0 Å². The van der Waals surface area contributed by atoms with Crippen LogP contribution in [-0.4, -0.2) is 38.3 Å². The fourth-order valence-electron chi connectivity index (χ4n) is 2.60. The Hall–Kier alpha value is -2.54. The van der Waals surface area contributed by atoms with Gasteiger partial charge in [-0.05, 0) is 41.6 Å². The first-order valence-corrected chi connectivity index (χ1v) is 8.95. The number of thiophene rings is 1. The summed E-state index contributed by atoms with van der Waals surface area (Å²) in [6.07, 6.45) is 0.364. The number of ether oxygens (including phenoxy) is 2. The second-order valence-electron chi connectivity index (χ2n) is 5.72. The summed E-state index contributed by atoms with van der Waals surface area (Å²) >= 11 is 1.49. The molecular weight excluding hydrogens is 340 g/mol. The normalized spacial score (nSPS) is 16.6. The lowest BCUT2D eigenvalue weighted by Gasteiger charge is -2.11. The van der Waals surface area contributed by atoms with Crippen LogP contribution >= 0.6 is 11.3 Å². The first kappa shape index (κ1) is 17.3. The molecule has 7 heteroatoms. The minimum atomic E-state index is -0.361. The molecule has 2 heterocycles. The van der Waals surface area contributed by atoms with Crippen molar-refractivity contribution in [3.8, 4) is 5.75 Å². The minimum absolute atomic E-state index is 0.0542. The second-order valence-corrected chi connectivity index (χ2v) is 6.65. The van der Waals surface area contributed by atoms with E-state index in [1.54, 1.807) is 12.0 Å². The highest BCUT2D eigenvalue weighted by Gasteiger charge is 2.32. The molecule has 1 aliphatic heterocycles. The molecule has 1 N–H and O–H groups in total. The summed E-state index contributed by atoms with van der Waals surface area (Å²) in [5.41, 5.74) is 1.08. The Kier molecular flexibility index (Phi) is 5.55. The lowest BCUT2D eigenvalue weighted by Crippen LogP contribution is -2.34. The molecule has 0 radical (unpaired) electrons. The molecule has 1 aromatic heterocycles. The number of hydrogen-bond donors (Lipinski definition) is 1. The van der Waals surface area contributed by atoms with Crippen molar-refractivity contribution in [2.24, 2.45) is 0 Å². The molecule has 0 spiro atoms. The van der Waals surface area contributed by atoms with Crippen LogP contribution in [0.5, 0.6) is 5.75 Å². The lowest BCUT2D eigenvalue weighted by molar-refractivity contribution is -0.121. The van der Waals surface area contributed by atoms with E-state index in [4.69, 9.17) is 9.47 Å². The maximum absolute atomic E-state index is 12.0. The van der Waals surface area contributed by atoms with Crippen LogP contribution in [0.15, 0.2) is 41.8 Å². The van der Waals surface area contributed by atoms with Crippen LogP contribution in [0, 0.1) is 0 Å². The van der Waals surface area contributed by atoms with Crippen molar-refractivity contribution >= 4 is 28.3 Å². The molecule has 1 unspecified atom stereocenters. The van der Waals surface area contributed by atoms with Crippen LogP contribution in [0.2, 0.25) is 0 Å². The maximum Gasteiger partial charge on any atom is 0.415 e. The van der Waals surface area contributed by atoms with Gasteiger partial charge >= 0.3 is 6.09 Å². The number of aryl methyl sites for hydroxylation is 1. The number of rotatable bonds is 7. The van der Waals surface area contributed by atoms with E-state index < -0.39 is 0 Å². The number of nitrogens with zero attached hydrogens (tertiary/aromatic N) is 1. The molecule has 1 atom stereocenters. The van der Waals surface area contributed by atoms with Crippen molar-refractivity contribution in [1.29, 1.82) is 0 Å². The molecule has 0 bridgehead atoms. The molecule has 2 aromatic rings. The smallest absolute Gasteiger partial charge is 0.415 e. The van der Waals surface area contributed by atoms with Crippen molar-refractivity contribution in [1.82, 2.24) is 5.32 Å². The number of carbonyl (C=O) groups excluding carboxylic acids is 2. The van der Waals surface area contributed by atoms with E-state index in [0.29, 0.717) is 25.9 Å². The number of anilines is 1. The molecule has 1 aliphatic rings. The molecule has 1 fully saturated rings. The van der Waals surface area contributed by atoms with Crippen molar-refractivity contribution < 1.29 is 19.1 Å². The van der Waals surface area contributed by atoms with Crippen LogP contribution in [-0.2, 0) is 16.0 Å². The zero-order valence-corrected chi connectivity index (χ0v) is 14.8. The summed E-state index contributed by atoms with van der Waals surface area (Å²) in [5.74, 6) is 0.744. The summed E-state index contributed by atoms with van der Waals surface area (Å²) in [4.78, 5) is 25.5. The second kappa shape index (κ2) is 8.02. The Morgan fingerprint density at radius 2 is 2.16 bits per heavy atom. The molecule has 1 saturated heterocycles. The van der Waals surface area contributed by atoms with E-state index in [9.17, 15) is 9.59 Å². The number of carbonyl (C=O) groups is 2. The number of amides is 2. The van der Waals surface area contributed by atoms with Crippen molar-refractivity contribution in [2.45, 2.75) is 18.9 Å². The minimum Gasteiger partial charge on any atom is -0.497 e. The standard InChI is InChI=1S/C18H20N2O4S/c1-23-14-7-4-13(5-8-14)6-9-16(21)19-11-15-12-20(18(22)24-15)17-3-2-10-25-17/h2-5,7-8,10,15H,6,9,11-12H2,1H3,(H,19,21). The average molecular weight is 360 g/mol. The van der Waals surface area contributed by atoms with Crippen molar-refractivity contribution in [3.63, 3.8) is 0 Å². The topological polar surface area (TPSA) is 67.9 Å². The summed E-state index contributed by atoms with van der Waals surface area (Å²) in [6, 6.07) is 11.4. The predicted molar refractivity (Wildman–Crippen MR) is 96.3 cm³/mol. The molecule has 1 aromatic carbocycles. The average Bonchev–Trinajstić information content (AvgIpc) is 3.28. The van der Waals surface area contributed by atoms with Crippen LogP contribution in [0.4, 0.5) is 9.80 Å². The van der Waals surface area contributed by atoms with Crippen molar-refractivity contribution in [2.75, 3.05) is 25.1 Å². The van der Waals surface area contributed by atoms with E-state index in [2.05, 4.69) is 5.32 Å². The predicted octanol–water partition coefficient (Wildman–Crippen LogP) is 2.83. The number of benzene rings is 1. The van der Waals surface area contributed by atoms with E-state index in [1.807, 2.05) is 41.8 Å². The highest BCUT2D eigenvalue weighted by molar-refractivity contribution is 7.14. The van der Waals surface area contributed by atoms with Crippen LogP contribution in [0.25, 0.3) is 0 Å². The Labute approximate surface area is 150 Å². The third kappa shape index (κ3) is 4.51. The van der Waals surface area contributed by atoms with E-state index in [-0.39, 0.29) is 18.1 Å². The number of hydrogen-bond acceptors (Lipinski definition) is 5. The summed E-state index contributed by atoms with van der Waals surface area (Å²) in [5, 5.41) is 5.61. The third-order valence-electron chi connectivity index (χ3n) is 3.97. The van der Waals surface area contributed by atoms with Gasteiger partial charge in [-0.1, -0.05) is 12.1 Å². The third-order valence-corrected chi connectivity index (χ3v) is 4.86. The molecule has 0 saturated carbocycles. The summed E-state index contributed by atoms with van der Waals surface area (Å²) in [6.45, 7) is 0.785. The highest BCUT2D eigenvalue weighted by atomic mass is 32.1. The van der Waals surface area contributed by atoms with Crippen molar-refractivity contribution in [3.05, 3.63) is 47.3 Å². The molecule has 25 heavy (non-hydrogen) atoms. The van der Waals surface area contributed by atoms with Gasteiger partial charge in [0, 0.05) is 6.42 Å². The monoisotopic (exact) mass is 360 g/mol. The van der Waals surface area contributed by atoms with Gasteiger partial charge in [0.15, 0.2) is 0 Å². The van der Waals surface area contributed by atoms with Gasteiger partial charge in [0.2, 0.25) is 5.91 Å². The first-order valence-electron chi connectivity index (χ1n) is 8.07. The molecule has 0 aliphatic carbocycles. The van der Waals surface area contributed by atoms with Gasteiger partial charge in [-0.15, -0.1) is 11.3 Å². The van der Waals surface area contributed by atoms with Gasteiger partial charge in [-0.2, -0.15) is 0 Å². The van der Waals surface area contributed by atoms with Crippen LogP contribution in [0.3, 0.4) is 0 Å². The van der Waals surface area contributed by atoms with Gasteiger partial charge in [0.25, 0.3) is 0 Å². The van der Waals surface area contributed by atoms with Gasteiger partial charge in [0.05, 0.1) is 20.2 Å². The van der Waals surface area contributed by atoms with Crippen LogP contribution < -0.4 is 15.0 Å². The Balaban J connectivity index is 1.41.